The van der Waals surface area contributed by atoms with Crippen LogP contribution in [0.15, 0.2) is 0 Å². The molecule has 0 fully saturated rings. The summed E-state index contributed by atoms with van der Waals surface area (Å²) in [5.74, 6) is -0.334. The van der Waals surface area contributed by atoms with Crippen molar-refractivity contribution in [2.75, 3.05) is 6.61 Å². The number of carbonyl (C=O) groups excluding carboxylic acids is 1. The Bertz CT molecular complexity index is 157. The predicted octanol–water partition coefficient (Wildman–Crippen LogP) is 2.63. The highest BCUT2D eigenvalue weighted by Gasteiger charge is 2.20. The quantitative estimate of drug-likeness (QED) is 0.416. The molecule has 0 aliphatic heterocycles. The standard InChI is InChI=1S/C8H14F2O2S/c1-7(11)12-6-4-2-3-5-8(9,10)13/h13H,2-6H2,1H3. The SMILES string of the molecule is CC(=O)OCCCCCC(F)(F)S. The van der Waals surface area contributed by atoms with Crippen LogP contribution < -0.4 is 0 Å². The zero-order valence-electron chi connectivity index (χ0n) is 7.56. The first-order chi connectivity index (χ1) is 5.92. The average Bonchev–Trinajstić information content (AvgIpc) is 1.93. The molecule has 0 amide bonds. The van der Waals surface area contributed by atoms with Gasteiger partial charge in [-0.25, -0.2) is 0 Å². The van der Waals surface area contributed by atoms with Crippen molar-refractivity contribution in [3.8, 4) is 0 Å². The van der Waals surface area contributed by atoms with Crippen LogP contribution in [-0.4, -0.2) is 17.8 Å². The third-order valence-corrected chi connectivity index (χ3v) is 1.65. The largest absolute Gasteiger partial charge is 0.466 e. The fraction of sp³-hybridized carbons (Fsp3) is 0.875. The topological polar surface area (TPSA) is 26.3 Å². The molecule has 0 saturated carbocycles. The summed E-state index contributed by atoms with van der Waals surface area (Å²) < 4.78 is 28.9. The molecule has 78 valence electrons. The summed E-state index contributed by atoms with van der Waals surface area (Å²) in [4.78, 5) is 10.3. The van der Waals surface area contributed by atoms with Gasteiger partial charge in [0, 0.05) is 13.3 Å². The van der Waals surface area contributed by atoms with Crippen LogP contribution in [0.5, 0.6) is 0 Å². The van der Waals surface area contributed by atoms with Gasteiger partial charge < -0.3 is 4.74 Å². The molecule has 0 aliphatic rings. The van der Waals surface area contributed by atoms with Crippen molar-refractivity contribution in [1.82, 2.24) is 0 Å². The van der Waals surface area contributed by atoms with E-state index in [2.05, 4.69) is 17.4 Å². The molecule has 0 radical (unpaired) electrons. The lowest BCUT2D eigenvalue weighted by atomic mass is 10.2. The number of halogens is 2. The van der Waals surface area contributed by atoms with Crippen LogP contribution >= 0.6 is 12.6 Å². The van der Waals surface area contributed by atoms with Crippen molar-refractivity contribution >= 4 is 18.6 Å². The van der Waals surface area contributed by atoms with Crippen molar-refractivity contribution in [2.45, 2.75) is 37.9 Å². The normalized spacial score (nSPS) is 11.4. The van der Waals surface area contributed by atoms with Crippen LogP contribution in [0.1, 0.15) is 32.6 Å². The second-order valence-corrected chi connectivity index (χ2v) is 3.47. The Labute approximate surface area is 82.1 Å². The maximum Gasteiger partial charge on any atom is 0.302 e. The zero-order valence-corrected chi connectivity index (χ0v) is 8.45. The molecule has 0 heterocycles. The molecule has 0 bridgehead atoms. The summed E-state index contributed by atoms with van der Waals surface area (Å²) in [6.07, 6.45) is 1.43. The molecule has 0 aromatic carbocycles. The molecular weight excluding hydrogens is 198 g/mol. The van der Waals surface area contributed by atoms with E-state index in [1.165, 1.54) is 6.92 Å². The van der Waals surface area contributed by atoms with Gasteiger partial charge in [0.15, 0.2) is 0 Å². The van der Waals surface area contributed by atoms with Gasteiger partial charge in [0.2, 0.25) is 0 Å². The molecule has 5 heteroatoms. The Morgan fingerprint density at radius 2 is 2.00 bits per heavy atom. The van der Waals surface area contributed by atoms with Crippen molar-refractivity contribution in [2.24, 2.45) is 0 Å². The van der Waals surface area contributed by atoms with E-state index in [1.54, 1.807) is 0 Å². The summed E-state index contributed by atoms with van der Waals surface area (Å²) >= 11 is 3.09. The van der Waals surface area contributed by atoms with Crippen molar-refractivity contribution < 1.29 is 18.3 Å². The highest BCUT2D eigenvalue weighted by Crippen LogP contribution is 2.25. The molecule has 0 unspecified atom stereocenters. The molecule has 0 spiro atoms. The third-order valence-electron chi connectivity index (χ3n) is 1.43. The Kier molecular flexibility index (Phi) is 6.03. The van der Waals surface area contributed by atoms with Gasteiger partial charge >= 0.3 is 5.97 Å². The fourth-order valence-electron chi connectivity index (χ4n) is 0.832. The summed E-state index contributed by atoms with van der Waals surface area (Å²) in [6, 6.07) is 0. The number of ether oxygens (including phenoxy) is 1. The summed E-state index contributed by atoms with van der Waals surface area (Å²) in [5, 5.41) is -2.87. The predicted molar refractivity (Wildman–Crippen MR) is 49.0 cm³/mol. The van der Waals surface area contributed by atoms with Gasteiger partial charge in [-0.05, 0) is 19.3 Å². The molecule has 0 rings (SSSR count). The molecule has 0 aliphatic carbocycles. The van der Waals surface area contributed by atoms with Crippen LogP contribution in [-0.2, 0) is 9.53 Å². The Balaban J connectivity index is 3.13. The van der Waals surface area contributed by atoms with Crippen LogP contribution in [0.25, 0.3) is 0 Å². The molecule has 0 N–H and O–H groups in total. The van der Waals surface area contributed by atoms with Gasteiger partial charge in [-0.3, -0.25) is 4.79 Å². The minimum atomic E-state index is -2.87. The number of carbonyl (C=O) groups is 1. The maximum atomic E-state index is 12.1. The third kappa shape index (κ3) is 11.7. The van der Waals surface area contributed by atoms with E-state index in [4.69, 9.17) is 0 Å². The van der Waals surface area contributed by atoms with Crippen molar-refractivity contribution in [3.63, 3.8) is 0 Å². The number of hydrogen-bond acceptors (Lipinski definition) is 3. The number of rotatable bonds is 6. The second-order valence-electron chi connectivity index (χ2n) is 2.82. The van der Waals surface area contributed by atoms with E-state index in [9.17, 15) is 13.6 Å². The monoisotopic (exact) mass is 212 g/mol. The average molecular weight is 212 g/mol. The van der Waals surface area contributed by atoms with Gasteiger partial charge in [0.1, 0.15) is 0 Å². The zero-order chi connectivity index (χ0) is 10.3. The summed E-state index contributed by atoms with van der Waals surface area (Å²) in [6.45, 7) is 1.63. The number of alkyl halides is 2. The molecule has 0 aromatic rings. The van der Waals surface area contributed by atoms with Crippen LogP contribution in [0, 0.1) is 0 Å². The summed E-state index contributed by atoms with van der Waals surface area (Å²) in [7, 11) is 0. The smallest absolute Gasteiger partial charge is 0.302 e. The lowest BCUT2D eigenvalue weighted by Crippen LogP contribution is -2.05. The highest BCUT2D eigenvalue weighted by atomic mass is 32.1. The maximum absolute atomic E-state index is 12.1. The minimum absolute atomic E-state index is 0.226. The van der Waals surface area contributed by atoms with Gasteiger partial charge in [-0.1, -0.05) is 0 Å². The van der Waals surface area contributed by atoms with Gasteiger partial charge in [0.25, 0.3) is 5.25 Å². The Morgan fingerprint density at radius 1 is 1.38 bits per heavy atom. The van der Waals surface area contributed by atoms with Crippen LogP contribution in [0.4, 0.5) is 8.78 Å². The lowest BCUT2D eigenvalue weighted by Gasteiger charge is -2.07. The van der Waals surface area contributed by atoms with E-state index < -0.39 is 5.25 Å². The number of hydrogen-bond donors (Lipinski definition) is 1. The number of thiol groups is 1. The first kappa shape index (κ1) is 12.7. The summed E-state index contributed by atoms with van der Waals surface area (Å²) in [5.41, 5.74) is 0. The molecule has 13 heavy (non-hydrogen) atoms. The van der Waals surface area contributed by atoms with Gasteiger partial charge in [0.05, 0.1) is 6.61 Å². The lowest BCUT2D eigenvalue weighted by molar-refractivity contribution is -0.141. The van der Waals surface area contributed by atoms with Gasteiger partial charge in [-0.15, -0.1) is 12.6 Å². The molecule has 0 aromatic heterocycles. The fourth-order valence-corrected chi connectivity index (χ4v) is 0.991. The van der Waals surface area contributed by atoms with E-state index in [0.29, 0.717) is 25.9 Å². The Morgan fingerprint density at radius 3 is 2.46 bits per heavy atom. The Hall–Kier alpha value is -0.320. The van der Waals surface area contributed by atoms with E-state index in [1.807, 2.05) is 0 Å². The highest BCUT2D eigenvalue weighted by molar-refractivity contribution is 7.81. The molecule has 2 nitrogen and oxygen atoms in total. The first-order valence-electron chi connectivity index (χ1n) is 4.15. The van der Waals surface area contributed by atoms with E-state index in [-0.39, 0.29) is 12.4 Å². The van der Waals surface area contributed by atoms with Crippen molar-refractivity contribution in [3.05, 3.63) is 0 Å². The number of unbranched alkanes of at least 4 members (excludes halogenated alkanes) is 2. The van der Waals surface area contributed by atoms with E-state index >= 15 is 0 Å². The van der Waals surface area contributed by atoms with Gasteiger partial charge in [-0.2, -0.15) is 8.78 Å². The van der Waals surface area contributed by atoms with Crippen LogP contribution in [0.2, 0.25) is 0 Å². The van der Waals surface area contributed by atoms with E-state index in [0.717, 1.165) is 0 Å². The molecular formula is C8H14F2O2S. The van der Waals surface area contributed by atoms with Crippen LogP contribution in [0.3, 0.4) is 0 Å². The minimum Gasteiger partial charge on any atom is -0.466 e. The number of esters is 1. The van der Waals surface area contributed by atoms with Crippen molar-refractivity contribution in [1.29, 1.82) is 0 Å². The second kappa shape index (κ2) is 6.18. The molecule has 0 atom stereocenters. The first-order valence-corrected chi connectivity index (χ1v) is 4.60. The molecule has 0 saturated heterocycles.